The van der Waals surface area contributed by atoms with E-state index in [-0.39, 0.29) is 5.82 Å². The molecular formula is C20H20FN3O2. The van der Waals surface area contributed by atoms with Crippen LogP contribution in [0.2, 0.25) is 0 Å². The van der Waals surface area contributed by atoms with Gasteiger partial charge in [0.05, 0.1) is 13.7 Å². The molecule has 0 radical (unpaired) electrons. The third-order valence-corrected chi connectivity index (χ3v) is 4.54. The van der Waals surface area contributed by atoms with Gasteiger partial charge in [-0.25, -0.2) is 4.39 Å². The highest BCUT2D eigenvalue weighted by Crippen LogP contribution is 2.30. The second kappa shape index (κ2) is 7.25. The molecule has 0 unspecified atom stereocenters. The van der Waals surface area contributed by atoms with E-state index in [0.29, 0.717) is 36.4 Å². The van der Waals surface area contributed by atoms with E-state index in [4.69, 9.17) is 9.26 Å². The molecule has 26 heavy (non-hydrogen) atoms. The zero-order valence-corrected chi connectivity index (χ0v) is 14.6. The Kier molecular flexibility index (Phi) is 4.67. The van der Waals surface area contributed by atoms with Gasteiger partial charge in [-0.15, -0.1) is 0 Å². The molecule has 134 valence electrons. The Hall–Kier alpha value is -2.73. The van der Waals surface area contributed by atoms with Crippen LogP contribution in [0, 0.1) is 5.82 Å². The van der Waals surface area contributed by atoms with Crippen molar-refractivity contribution in [3.05, 3.63) is 65.7 Å². The highest BCUT2D eigenvalue weighted by Gasteiger charge is 2.30. The fourth-order valence-electron chi connectivity index (χ4n) is 2.95. The summed E-state index contributed by atoms with van der Waals surface area (Å²) in [6.07, 6.45) is 2.25. The van der Waals surface area contributed by atoms with Crippen molar-refractivity contribution in [2.24, 2.45) is 0 Å². The minimum atomic E-state index is -0.176. The quantitative estimate of drug-likeness (QED) is 0.641. The molecule has 0 saturated heterocycles. The van der Waals surface area contributed by atoms with Crippen molar-refractivity contribution >= 4 is 0 Å². The predicted molar refractivity (Wildman–Crippen MR) is 95.0 cm³/mol. The molecule has 5 nitrogen and oxygen atoms in total. The molecule has 4 rings (SSSR count). The maximum Gasteiger partial charge on any atom is 0.257 e. The van der Waals surface area contributed by atoms with Crippen LogP contribution in [0.1, 0.15) is 24.2 Å². The second-order valence-electron chi connectivity index (χ2n) is 6.47. The van der Waals surface area contributed by atoms with Gasteiger partial charge in [-0.1, -0.05) is 23.4 Å². The molecule has 0 aliphatic heterocycles. The highest BCUT2D eigenvalue weighted by atomic mass is 19.1. The van der Waals surface area contributed by atoms with Crippen molar-refractivity contribution in [1.29, 1.82) is 0 Å². The van der Waals surface area contributed by atoms with E-state index in [1.807, 2.05) is 36.4 Å². The molecule has 0 bridgehead atoms. The van der Waals surface area contributed by atoms with Gasteiger partial charge in [0.15, 0.2) is 5.82 Å². The lowest BCUT2D eigenvalue weighted by Crippen LogP contribution is -2.26. The Morgan fingerprint density at radius 3 is 2.58 bits per heavy atom. The van der Waals surface area contributed by atoms with Gasteiger partial charge in [-0.05, 0) is 43.2 Å². The zero-order chi connectivity index (χ0) is 17.9. The van der Waals surface area contributed by atoms with Crippen LogP contribution in [0.3, 0.4) is 0 Å². The minimum absolute atomic E-state index is 0.176. The lowest BCUT2D eigenvalue weighted by Gasteiger charge is -2.20. The van der Waals surface area contributed by atoms with Crippen LogP contribution in [0.4, 0.5) is 4.39 Å². The van der Waals surface area contributed by atoms with Gasteiger partial charge in [0.25, 0.3) is 5.89 Å². The van der Waals surface area contributed by atoms with Gasteiger partial charge in [-0.2, -0.15) is 4.98 Å². The molecular weight excluding hydrogens is 333 g/mol. The summed E-state index contributed by atoms with van der Waals surface area (Å²) in [4.78, 5) is 6.71. The Bertz CT molecular complexity index is 875. The van der Waals surface area contributed by atoms with Crippen molar-refractivity contribution in [3.63, 3.8) is 0 Å². The van der Waals surface area contributed by atoms with Gasteiger partial charge in [0.1, 0.15) is 11.6 Å². The van der Waals surface area contributed by atoms with Gasteiger partial charge >= 0.3 is 0 Å². The topological polar surface area (TPSA) is 51.4 Å². The fourth-order valence-corrected chi connectivity index (χ4v) is 2.95. The molecule has 1 heterocycles. The average molecular weight is 353 g/mol. The Labute approximate surface area is 151 Å². The number of aromatic nitrogens is 2. The van der Waals surface area contributed by atoms with Crippen LogP contribution >= 0.6 is 0 Å². The van der Waals surface area contributed by atoms with Crippen LogP contribution in [0.15, 0.2) is 53.1 Å². The summed E-state index contributed by atoms with van der Waals surface area (Å²) in [5.41, 5.74) is 1.54. The van der Waals surface area contributed by atoms with Crippen molar-refractivity contribution in [3.8, 4) is 17.2 Å². The molecule has 0 spiro atoms. The molecule has 2 aromatic carbocycles. The monoisotopic (exact) mass is 353 g/mol. The Morgan fingerprint density at radius 2 is 1.88 bits per heavy atom. The van der Waals surface area contributed by atoms with Crippen LogP contribution < -0.4 is 4.74 Å². The Balaban J connectivity index is 1.48. The van der Waals surface area contributed by atoms with Crippen LogP contribution in [0.5, 0.6) is 5.75 Å². The molecule has 1 aliphatic carbocycles. The summed E-state index contributed by atoms with van der Waals surface area (Å²) in [6.45, 7) is 1.09. The van der Waals surface area contributed by atoms with Gasteiger partial charge in [0.2, 0.25) is 0 Å². The predicted octanol–water partition coefficient (Wildman–Crippen LogP) is 4.05. The highest BCUT2D eigenvalue weighted by molar-refractivity contribution is 5.54. The maximum atomic E-state index is 14.0. The normalized spacial score (nSPS) is 14.0. The summed E-state index contributed by atoms with van der Waals surface area (Å²) in [5.74, 6) is 1.69. The first-order valence-electron chi connectivity index (χ1n) is 8.67. The summed E-state index contributed by atoms with van der Waals surface area (Å²) in [6, 6.07) is 14.8. The van der Waals surface area contributed by atoms with Crippen molar-refractivity contribution in [2.45, 2.75) is 32.0 Å². The van der Waals surface area contributed by atoms with E-state index in [2.05, 4.69) is 15.0 Å². The SMILES string of the molecule is COc1ccc(-c2nc(CN(Cc3ccccc3F)C3CC3)no2)cc1. The molecule has 0 atom stereocenters. The number of benzene rings is 2. The van der Waals surface area contributed by atoms with E-state index < -0.39 is 0 Å². The van der Waals surface area contributed by atoms with E-state index >= 15 is 0 Å². The molecule has 1 aromatic heterocycles. The summed E-state index contributed by atoms with van der Waals surface area (Å²) in [7, 11) is 1.63. The second-order valence-corrected chi connectivity index (χ2v) is 6.47. The van der Waals surface area contributed by atoms with Crippen molar-refractivity contribution in [2.75, 3.05) is 7.11 Å². The van der Waals surface area contributed by atoms with Crippen LogP contribution in [-0.4, -0.2) is 28.2 Å². The third-order valence-electron chi connectivity index (χ3n) is 4.54. The first kappa shape index (κ1) is 16.7. The van der Waals surface area contributed by atoms with Gasteiger partial charge in [-0.3, -0.25) is 4.90 Å². The smallest absolute Gasteiger partial charge is 0.257 e. The van der Waals surface area contributed by atoms with Crippen LogP contribution in [0.25, 0.3) is 11.5 Å². The first-order valence-corrected chi connectivity index (χ1v) is 8.67. The van der Waals surface area contributed by atoms with Crippen molar-refractivity contribution in [1.82, 2.24) is 15.0 Å². The molecule has 1 fully saturated rings. The van der Waals surface area contributed by atoms with Crippen LogP contribution in [-0.2, 0) is 13.1 Å². The van der Waals surface area contributed by atoms with E-state index in [9.17, 15) is 4.39 Å². The number of ether oxygens (including phenoxy) is 1. The Morgan fingerprint density at radius 1 is 1.12 bits per heavy atom. The van der Waals surface area contributed by atoms with E-state index in [0.717, 1.165) is 24.2 Å². The fraction of sp³-hybridized carbons (Fsp3) is 0.300. The maximum absolute atomic E-state index is 14.0. The molecule has 1 aliphatic rings. The lowest BCUT2D eigenvalue weighted by molar-refractivity contribution is 0.232. The summed E-state index contributed by atoms with van der Waals surface area (Å²) in [5, 5.41) is 4.10. The third kappa shape index (κ3) is 3.75. The first-order chi connectivity index (χ1) is 12.7. The number of nitrogens with zero attached hydrogens (tertiary/aromatic N) is 3. The largest absolute Gasteiger partial charge is 0.497 e. The summed E-state index contributed by atoms with van der Waals surface area (Å²) >= 11 is 0. The number of halogens is 1. The van der Waals surface area contributed by atoms with Gasteiger partial charge < -0.3 is 9.26 Å². The molecule has 0 amide bonds. The number of rotatable bonds is 7. The minimum Gasteiger partial charge on any atom is -0.497 e. The zero-order valence-electron chi connectivity index (χ0n) is 14.6. The molecule has 6 heteroatoms. The number of hydrogen-bond acceptors (Lipinski definition) is 5. The van der Waals surface area contributed by atoms with E-state index in [1.165, 1.54) is 6.07 Å². The number of hydrogen-bond donors (Lipinski definition) is 0. The lowest BCUT2D eigenvalue weighted by atomic mass is 10.2. The average Bonchev–Trinajstić information content (AvgIpc) is 3.42. The molecule has 1 saturated carbocycles. The summed E-state index contributed by atoms with van der Waals surface area (Å²) < 4.78 is 24.5. The molecule has 0 N–H and O–H groups in total. The molecule has 3 aromatic rings. The van der Waals surface area contributed by atoms with Gasteiger partial charge in [0, 0.05) is 23.7 Å². The van der Waals surface area contributed by atoms with Crippen molar-refractivity contribution < 1.29 is 13.7 Å². The van der Waals surface area contributed by atoms with E-state index in [1.54, 1.807) is 13.2 Å². The standard InChI is InChI=1S/C20H20FN3O2/c1-25-17-10-6-14(7-11-17)20-22-19(23-26-20)13-24(16-8-9-16)12-15-4-2-3-5-18(15)21/h2-7,10-11,16H,8-9,12-13H2,1H3. The number of methoxy groups -OCH3 is 1.